The maximum atomic E-state index is 13.5. The second-order valence-electron chi connectivity index (χ2n) is 6.71. The van der Waals surface area contributed by atoms with Gasteiger partial charge >= 0.3 is 11.8 Å². The Morgan fingerprint density at radius 1 is 1.07 bits per heavy atom. The minimum atomic E-state index is -1.03. The molecule has 1 saturated heterocycles. The Bertz CT molecular complexity index is 1040. The summed E-state index contributed by atoms with van der Waals surface area (Å²) >= 11 is 0. The minimum absolute atomic E-state index is 0.145. The smallest absolute Gasteiger partial charge is 0.313 e. The van der Waals surface area contributed by atoms with Gasteiger partial charge in [-0.2, -0.15) is 0 Å². The molecule has 0 radical (unpaired) electrons. The molecule has 2 aromatic carbocycles. The molecule has 28 heavy (non-hydrogen) atoms. The largest absolute Gasteiger partial charge is 0.369 e. The maximum absolute atomic E-state index is 13.5. The molecule has 3 N–H and O–H groups in total. The van der Waals surface area contributed by atoms with Gasteiger partial charge in [0.05, 0.1) is 11.2 Å². The van der Waals surface area contributed by atoms with Gasteiger partial charge in [0.1, 0.15) is 0 Å². The number of carbonyl (C=O) groups is 2. The number of halogens is 2. The van der Waals surface area contributed by atoms with Gasteiger partial charge in [0.2, 0.25) is 0 Å². The van der Waals surface area contributed by atoms with Crippen molar-refractivity contribution in [2.75, 3.05) is 23.3 Å². The molecule has 0 spiro atoms. The summed E-state index contributed by atoms with van der Waals surface area (Å²) in [5.74, 6) is -3.64. The van der Waals surface area contributed by atoms with E-state index in [2.05, 4.69) is 20.5 Å². The van der Waals surface area contributed by atoms with E-state index in [0.29, 0.717) is 12.1 Å². The van der Waals surface area contributed by atoms with E-state index < -0.39 is 23.4 Å². The summed E-state index contributed by atoms with van der Waals surface area (Å²) in [4.78, 5) is 29.3. The average molecular weight is 384 g/mol. The van der Waals surface area contributed by atoms with Crippen LogP contribution in [-0.2, 0) is 9.59 Å². The lowest BCUT2D eigenvalue weighted by molar-refractivity contribution is -0.136. The molecule has 0 saturated carbocycles. The normalized spacial score (nSPS) is 16.4. The monoisotopic (exact) mass is 384 g/mol. The van der Waals surface area contributed by atoms with Crippen molar-refractivity contribution in [3.8, 4) is 0 Å². The Balaban J connectivity index is 1.38. The van der Waals surface area contributed by atoms with Crippen molar-refractivity contribution in [3.63, 3.8) is 0 Å². The number of aromatic amines is 1. The summed E-state index contributed by atoms with van der Waals surface area (Å²) in [7, 11) is 0. The SMILES string of the molecule is O=C(Nc1c[nH]c2cc(F)c(F)cc12)C(=O)NC1CCN(c2ccccc2)C1. The molecule has 1 fully saturated rings. The Kier molecular flexibility index (Phi) is 4.68. The summed E-state index contributed by atoms with van der Waals surface area (Å²) in [6, 6.07) is 11.7. The predicted molar refractivity (Wildman–Crippen MR) is 102 cm³/mol. The van der Waals surface area contributed by atoms with E-state index in [1.807, 2.05) is 30.3 Å². The summed E-state index contributed by atoms with van der Waals surface area (Å²) in [5.41, 5.74) is 1.60. The van der Waals surface area contributed by atoms with Gasteiger partial charge in [0.15, 0.2) is 11.6 Å². The van der Waals surface area contributed by atoms with Gasteiger partial charge in [-0.1, -0.05) is 18.2 Å². The van der Waals surface area contributed by atoms with Crippen molar-refractivity contribution in [2.45, 2.75) is 12.5 Å². The van der Waals surface area contributed by atoms with Gasteiger partial charge in [-0.3, -0.25) is 9.59 Å². The number of benzene rings is 2. The van der Waals surface area contributed by atoms with Gasteiger partial charge < -0.3 is 20.5 Å². The lowest BCUT2D eigenvalue weighted by Gasteiger charge is -2.18. The number of nitrogens with one attached hydrogen (secondary N) is 3. The van der Waals surface area contributed by atoms with Crippen LogP contribution in [0.5, 0.6) is 0 Å². The number of aromatic nitrogens is 1. The van der Waals surface area contributed by atoms with Crippen LogP contribution in [0.2, 0.25) is 0 Å². The molecule has 1 aliphatic heterocycles. The third-order valence-electron chi connectivity index (χ3n) is 4.82. The highest BCUT2D eigenvalue weighted by Crippen LogP contribution is 2.25. The number of rotatable bonds is 3. The molecule has 1 aliphatic rings. The summed E-state index contributed by atoms with van der Waals surface area (Å²) in [6.07, 6.45) is 2.12. The van der Waals surface area contributed by atoms with Crippen molar-refractivity contribution in [1.82, 2.24) is 10.3 Å². The zero-order valence-electron chi connectivity index (χ0n) is 14.8. The number of amides is 2. The van der Waals surface area contributed by atoms with Crippen LogP contribution in [0.1, 0.15) is 6.42 Å². The van der Waals surface area contributed by atoms with E-state index >= 15 is 0 Å². The maximum Gasteiger partial charge on any atom is 0.313 e. The highest BCUT2D eigenvalue weighted by Gasteiger charge is 2.26. The lowest BCUT2D eigenvalue weighted by atomic mass is 10.2. The summed E-state index contributed by atoms with van der Waals surface area (Å²) < 4.78 is 26.7. The first-order chi connectivity index (χ1) is 13.5. The Labute approximate surface area is 159 Å². The number of fused-ring (bicyclic) bond motifs is 1. The van der Waals surface area contributed by atoms with E-state index in [1.165, 1.54) is 6.20 Å². The fourth-order valence-corrected chi connectivity index (χ4v) is 3.40. The predicted octanol–water partition coefficient (Wildman–Crippen LogP) is 2.78. The summed E-state index contributed by atoms with van der Waals surface area (Å²) in [6.45, 7) is 1.39. The van der Waals surface area contributed by atoms with Crippen LogP contribution in [0.15, 0.2) is 48.7 Å². The zero-order valence-corrected chi connectivity index (χ0v) is 14.8. The first kappa shape index (κ1) is 18.0. The number of para-hydroxylation sites is 1. The first-order valence-electron chi connectivity index (χ1n) is 8.89. The number of H-pyrrole nitrogens is 1. The molecule has 2 amide bonds. The molecule has 1 unspecified atom stereocenters. The van der Waals surface area contributed by atoms with Crippen LogP contribution in [-0.4, -0.2) is 35.9 Å². The van der Waals surface area contributed by atoms with Crippen molar-refractivity contribution in [3.05, 3.63) is 60.3 Å². The molecule has 0 bridgehead atoms. The van der Waals surface area contributed by atoms with Crippen LogP contribution in [0.4, 0.5) is 20.2 Å². The Hall–Kier alpha value is -3.42. The number of carbonyl (C=O) groups excluding carboxylic acids is 2. The molecule has 3 aromatic rings. The second-order valence-corrected chi connectivity index (χ2v) is 6.71. The molecule has 6 nitrogen and oxygen atoms in total. The molecular formula is C20H18F2N4O2. The van der Waals surface area contributed by atoms with Gasteiger partial charge in [-0.25, -0.2) is 8.78 Å². The fourth-order valence-electron chi connectivity index (χ4n) is 3.40. The molecule has 1 aromatic heterocycles. The zero-order chi connectivity index (χ0) is 19.7. The van der Waals surface area contributed by atoms with Crippen LogP contribution in [0.25, 0.3) is 10.9 Å². The molecule has 0 aliphatic carbocycles. The highest BCUT2D eigenvalue weighted by molar-refractivity contribution is 6.40. The second kappa shape index (κ2) is 7.30. The molecule has 4 rings (SSSR count). The molecular weight excluding hydrogens is 366 g/mol. The van der Waals surface area contributed by atoms with E-state index in [4.69, 9.17) is 0 Å². The van der Waals surface area contributed by atoms with Crippen molar-refractivity contribution < 1.29 is 18.4 Å². The van der Waals surface area contributed by atoms with Gasteiger partial charge in [-0.15, -0.1) is 0 Å². The van der Waals surface area contributed by atoms with E-state index in [9.17, 15) is 18.4 Å². The molecule has 144 valence electrons. The number of hydrogen-bond donors (Lipinski definition) is 3. The van der Waals surface area contributed by atoms with Crippen LogP contribution in [0, 0.1) is 11.6 Å². The highest BCUT2D eigenvalue weighted by atomic mass is 19.2. The number of hydrogen-bond acceptors (Lipinski definition) is 3. The molecule has 2 heterocycles. The van der Waals surface area contributed by atoms with Gasteiger partial charge in [-0.05, 0) is 24.6 Å². The quantitative estimate of drug-likeness (QED) is 0.608. The van der Waals surface area contributed by atoms with Crippen molar-refractivity contribution in [2.24, 2.45) is 0 Å². The van der Waals surface area contributed by atoms with Crippen molar-refractivity contribution in [1.29, 1.82) is 0 Å². The third-order valence-corrected chi connectivity index (χ3v) is 4.82. The number of nitrogens with zero attached hydrogens (tertiary/aromatic N) is 1. The van der Waals surface area contributed by atoms with Crippen LogP contribution in [0.3, 0.4) is 0 Å². The molecule has 1 atom stereocenters. The van der Waals surface area contributed by atoms with Crippen molar-refractivity contribution >= 4 is 34.1 Å². The Morgan fingerprint density at radius 2 is 1.82 bits per heavy atom. The topological polar surface area (TPSA) is 77.2 Å². The van der Waals surface area contributed by atoms with Gasteiger partial charge in [0, 0.05) is 42.5 Å². The van der Waals surface area contributed by atoms with E-state index in [1.54, 1.807) is 0 Å². The van der Waals surface area contributed by atoms with Crippen LogP contribution >= 0.6 is 0 Å². The minimum Gasteiger partial charge on any atom is -0.369 e. The van der Waals surface area contributed by atoms with E-state index in [-0.39, 0.29) is 17.1 Å². The fraction of sp³-hybridized carbons (Fsp3) is 0.200. The number of anilines is 2. The van der Waals surface area contributed by atoms with E-state index in [0.717, 1.165) is 30.8 Å². The van der Waals surface area contributed by atoms with Gasteiger partial charge in [0.25, 0.3) is 0 Å². The summed E-state index contributed by atoms with van der Waals surface area (Å²) in [5, 5.41) is 5.45. The molecule has 8 heteroatoms. The lowest BCUT2D eigenvalue weighted by Crippen LogP contribution is -2.43. The Morgan fingerprint density at radius 3 is 2.61 bits per heavy atom. The third kappa shape index (κ3) is 3.53. The average Bonchev–Trinajstić information content (AvgIpc) is 3.30. The first-order valence-corrected chi connectivity index (χ1v) is 8.89. The van der Waals surface area contributed by atoms with Crippen LogP contribution < -0.4 is 15.5 Å². The standard InChI is InChI=1S/C20H18F2N4O2/c21-15-8-14-17(9-16(15)22)23-10-18(14)25-20(28)19(27)24-12-6-7-26(11-12)13-4-2-1-3-5-13/h1-5,8-10,12,23H,6-7,11H2,(H,24,27)(H,25,28).